The number of halogens is 4. The molecule has 3 aromatic rings. The molecule has 0 spiro atoms. The molecule has 0 N–H and O–H groups in total. The maximum Gasteiger partial charge on any atom is 0.416 e. The van der Waals surface area contributed by atoms with Gasteiger partial charge in [-0.25, -0.2) is 14.0 Å². The molecule has 0 unspecified atom stereocenters. The van der Waals surface area contributed by atoms with Gasteiger partial charge in [-0.2, -0.15) is 18.3 Å². The molecule has 2 aromatic carbocycles. The van der Waals surface area contributed by atoms with Crippen molar-refractivity contribution in [3.8, 4) is 0 Å². The van der Waals surface area contributed by atoms with Crippen LogP contribution in [0.5, 0.6) is 0 Å². The van der Waals surface area contributed by atoms with Crippen molar-refractivity contribution in [2.45, 2.75) is 84.0 Å². The monoisotopic (exact) mass is 642 g/mol. The number of rotatable bonds is 7. The quantitative estimate of drug-likeness (QED) is 0.273. The molecule has 0 bridgehead atoms. The number of hydrogen-bond acceptors (Lipinski definition) is 5. The van der Waals surface area contributed by atoms with Gasteiger partial charge in [0.2, 0.25) is 0 Å². The Morgan fingerprint density at radius 3 is 2.43 bits per heavy atom. The minimum absolute atomic E-state index is 0.0304. The molecule has 13 heteroatoms. The molecule has 9 nitrogen and oxygen atoms in total. The number of ether oxygens (including phenoxy) is 1. The number of nitrogens with zero attached hydrogens (tertiary/aromatic N) is 6. The molecule has 2 fully saturated rings. The first kappa shape index (κ1) is 31.7. The molecule has 0 radical (unpaired) electrons. The lowest BCUT2D eigenvalue weighted by molar-refractivity contribution is -0.138. The third-order valence-corrected chi connectivity index (χ3v) is 9.06. The first-order valence-corrected chi connectivity index (χ1v) is 15.7. The van der Waals surface area contributed by atoms with Crippen molar-refractivity contribution in [3.63, 3.8) is 0 Å². The van der Waals surface area contributed by atoms with Crippen LogP contribution in [0.2, 0.25) is 0 Å². The predicted molar refractivity (Wildman–Crippen MR) is 164 cm³/mol. The van der Waals surface area contributed by atoms with E-state index in [0.717, 1.165) is 18.1 Å². The topological polar surface area (TPSA) is 74.2 Å². The van der Waals surface area contributed by atoms with Gasteiger partial charge in [-0.05, 0) is 63.3 Å². The minimum atomic E-state index is -4.59. The molecule has 2 saturated heterocycles. The fourth-order valence-electron chi connectivity index (χ4n) is 6.70. The maximum atomic E-state index is 14.7. The summed E-state index contributed by atoms with van der Waals surface area (Å²) < 4.78 is 63.6. The summed E-state index contributed by atoms with van der Waals surface area (Å²) in [5, 5.41) is 4.68. The van der Waals surface area contributed by atoms with Crippen LogP contribution in [0.15, 0.2) is 48.7 Å². The van der Waals surface area contributed by atoms with Gasteiger partial charge >= 0.3 is 18.3 Å². The molecule has 1 atom stereocenters. The Bertz CT molecular complexity index is 1580. The Kier molecular flexibility index (Phi) is 8.60. The van der Waals surface area contributed by atoms with Crippen molar-refractivity contribution in [2.75, 3.05) is 29.4 Å². The highest BCUT2D eigenvalue weighted by Crippen LogP contribution is 2.37. The van der Waals surface area contributed by atoms with E-state index >= 15 is 0 Å². The van der Waals surface area contributed by atoms with Gasteiger partial charge in [-0.3, -0.25) is 9.58 Å². The van der Waals surface area contributed by atoms with Gasteiger partial charge in [0.25, 0.3) is 0 Å². The maximum absolute atomic E-state index is 14.7. The van der Waals surface area contributed by atoms with Crippen LogP contribution in [0.3, 0.4) is 0 Å². The normalized spacial score (nSPS) is 19.0. The third-order valence-electron chi connectivity index (χ3n) is 9.06. The molecule has 246 valence electrons. The second kappa shape index (κ2) is 12.5. The van der Waals surface area contributed by atoms with E-state index in [0.29, 0.717) is 56.1 Å². The number of hydrogen-bond donors (Lipinski definition) is 0. The number of benzene rings is 2. The Morgan fingerprint density at radius 1 is 1.04 bits per heavy atom. The van der Waals surface area contributed by atoms with Crippen molar-refractivity contribution in [3.05, 3.63) is 76.7 Å². The van der Waals surface area contributed by atoms with E-state index in [4.69, 9.17) is 4.74 Å². The third kappa shape index (κ3) is 6.23. The summed E-state index contributed by atoms with van der Waals surface area (Å²) in [6.07, 6.45) is -1.51. The summed E-state index contributed by atoms with van der Waals surface area (Å²) in [4.78, 5) is 33.3. The molecule has 4 heterocycles. The number of aryl methyl sites for hydroxylation is 1. The summed E-state index contributed by atoms with van der Waals surface area (Å²) in [5.41, 5.74) is 1.27. The molecule has 1 aromatic heterocycles. The summed E-state index contributed by atoms with van der Waals surface area (Å²) in [6.45, 7) is 7.37. The van der Waals surface area contributed by atoms with Crippen LogP contribution in [0.25, 0.3) is 0 Å². The van der Waals surface area contributed by atoms with Gasteiger partial charge < -0.3 is 19.4 Å². The highest BCUT2D eigenvalue weighted by atomic mass is 19.4. The lowest BCUT2D eigenvalue weighted by atomic mass is 10.00. The van der Waals surface area contributed by atoms with Gasteiger partial charge in [-0.15, -0.1) is 0 Å². The van der Waals surface area contributed by atoms with E-state index < -0.39 is 23.9 Å². The van der Waals surface area contributed by atoms with Crippen molar-refractivity contribution in [1.29, 1.82) is 0 Å². The summed E-state index contributed by atoms with van der Waals surface area (Å²) in [6, 6.07) is 9.48. The Balaban J connectivity index is 1.26. The van der Waals surface area contributed by atoms with E-state index in [-0.39, 0.29) is 42.7 Å². The SMILES string of the molecule is Cc1cccc(F)c1N1CCC(N2Cc3cn(C[C@@H]4CCN4C(=O)OC(C)C)nc3N(Cc3ccccc3C(F)(F)F)C2=O)CC1. The van der Waals surface area contributed by atoms with Crippen LogP contribution in [-0.4, -0.2) is 69.5 Å². The van der Waals surface area contributed by atoms with E-state index in [1.54, 1.807) is 34.4 Å². The number of para-hydroxylation sites is 1. The van der Waals surface area contributed by atoms with Crippen LogP contribution >= 0.6 is 0 Å². The average Bonchev–Trinajstić information content (AvgIpc) is 3.39. The first-order valence-electron chi connectivity index (χ1n) is 15.7. The van der Waals surface area contributed by atoms with Gasteiger partial charge in [0.1, 0.15) is 5.82 Å². The van der Waals surface area contributed by atoms with Crippen LogP contribution in [0, 0.1) is 12.7 Å². The van der Waals surface area contributed by atoms with Crippen LogP contribution in [0.4, 0.5) is 38.7 Å². The highest BCUT2D eigenvalue weighted by Gasteiger charge is 2.41. The van der Waals surface area contributed by atoms with E-state index in [1.165, 1.54) is 29.2 Å². The molecule has 0 aliphatic carbocycles. The Hall–Kier alpha value is -4.29. The van der Waals surface area contributed by atoms with Crippen LogP contribution in [-0.2, 0) is 30.5 Å². The van der Waals surface area contributed by atoms with Crippen molar-refractivity contribution in [1.82, 2.24) is 19.6 Å². The molecule has 3 amide bonds. The number of carbonyl (C=O) groups excluding carboxylic acids is 2. The second-order valence-electron chi connectivity index (χ2n) is 12.5. The number of carbonyl (C=O) groups is 2. The zero-order chi connectivity index (χ0) is 32.7. The number of aromatic nitrogens is 2. The van der Waals surface area contributed by atoms with Gasteiger partial charge in [0.05, 0.1) is 43.0 Å². The number of alkyl halides is 3. The number of fused-ring (bicyclic) bond motifs is 1. The predicted octanol–water partition coefficient (Wildman–Crippen LogP) is 6.58. The molecular formula is C33H38F4N6O3. The molecule has 6 rings (SSSR count). The summed E-state index contributed by atoms with van der Waals surface area (Å²) in [5.74, 6) is 0.0230. The summed E-state index contributed by atoms with van der Waals surface area (Å²) in [7, 11) is 0. The number of likely N-dealkylation sites (tertiary alicyclic amines) is 1. The summed E-state index contributed by atoms with van der Waals surface area (Å²) >= 11 is 0. The fourth-order valence-corrected chi connectivity index (χ4v) is 6.70. The lowest BCUT2D eigenvalue weighted by Gasteiger charge is -2.43. The second-order valence-corrected chi connectivity index (χ2v) is 12.5. The highest BCUT2D eigenvalue weighted by molar-refractivity contribution is 5.94. The molecular weight excluding hydrogens is 604 g/mol. The molecule has 3 aliphatic heterocycles. The standard InChI is InChI=1S/C33H38F4N6O3/c1-21(2)46-32(45)41-16-13-26(41)20-40-17-24-19-42(25-11-14-39(15-12-25)29-22(3)7-6-10-28(29)34)31(44)43(30(24)38-40)18-23-8-4-5-9-27(23)33(35,36)37/h4-10,17,21,25-26H,11-16,18-20H2,1-3H3/t26-/m0/s1. The van der Waals surface area contributed by atoms with Crippen molar-refractivity contribution >= 4 is 23.6 Å². The molecule has 46 heavy (non-hydrogen) atoms. The van der Waals surface area contributed by atoms with Crippen LogP contribution in [0.1, 0.15) is 55.4 Å². The number of urea groups is 1. The lowest BCUT2D eigenvalue weighted by Crippen LogP contribution is -2.54. The fraction of sp³-hybridized carbons (Fsp3) is 0.485. The smallest absolute Gasteiger partial charge is 0.416 e. The van der Waals surface area contributed by atoms with E-state index in [2.05, 4.69) is 5.10 Å². The number of amides is 3. The van der Waals surface area contributed by atoms with Gasteiger partial charge in [-0.1, -0.05) is 30.3 Å². The zero-order valence-electron chi connectivity index (χ0n) is 26.1. The minimum Gasteiger partial charge on any atom is -0.447 e. The Labute approximate surface area is 265 Å². The van der Waals surface area contributed by atoms with Gasteiger partial charge in [0.15, 0.2) is 5.82 Å². The first-order chi connectivity index (χ1) is 21.9. The number of piperidine rings is 1. The molecule has 3 aliphatic rings. The van der Waals surface area contributed by atoms with E-state index in [1.807, 2.05) is 24.1 Å². The van der Waals surface area contributed by atoms with Crippen LogP contribution < -0.4 is 9.80 Å². The molecule has 0 saturated carbocycles. The van der Waals surface area contributed by atoms with Crippen molar-refractivity contribution < 1.29 is 31.9 Å². The van der Waals surface area contributed by atoms with Crippen molar-refractivity contribution in [2.24, 2.45) is 0 Å². The van der Waals surface area contributed by atoms with Gasteiger partial charge in [0, 0.05) is 37.4 Å². The average molecular weight is 643 g/mol. The number of anilines is 2. The Morgan fingerprint density at radius 2 is 1.78 bits per heavy atom. The largest absolute Gasteiger partial charge is 0.447 e. The van der Waals surface area contributed by atoms with E-state index in [9.17, 15) is 27.2 Å². The zero-order valence-corrected chi connectivity index (χ0v) is 26.1.